The highest BCUT2D eigenvalue weighted by molar-refractivity contribution is 5.99. The Morgan fingerprint density at radius 1 is 1.11 bits per heavy atom. The summed E-state index contributed by atoms with van der Waals surface area (Å²) in [5, 5.41) is 0. The second kappa shape index (κ2) is 8.21. The number of carbonyl (C=O) groups is 2. The molecule has 1 aliphatic carbocycles. The highest BCUT2D eigenvalue weighted by Crippen LogP contribution is 2.33. The summed E-state index contributed by atoms with van der Waals surface area (Å²) < 4.78 is 5.85. The van der Waals surface area contributed by atoms with Crippen LogP contribution in [0.2, 0.25) is 0 Å². The highest BCUT2D eigenvalue weighted by Gasteiger charge is 2.42. The summed E-state index contributed by atoms with van der Waals surface area (Å²) >= 11 is 0. The van der Waals surface area contributed by atoms with Crippen molar-refractivity contribution >= 4 is 11.7 Å². The molecule has 152 valence electrons. The Labute approximate surface area is 167 Å². The second-order valence-corrected chi connectivity index (χ2v) is 8.54. The zero-order valence-electron chi connectivity index (χ0n) is 16.7. The first kappa shape index (κ1) is 19.4. The third kappa shape index (κ3) is 4.23. The lowest BCUT2D eigenvalue weighted by atomic mass is 10.1. The van der Waals surface area contributed by atoms with Gasteiger partial charge in [0.15, 0.2) is 5.78 Å². The molecule has 1 aromatic rings. The third-order valence-electron chi connectivity index (χ3n) is 6.18. The molecule has 2 saturated heterocycles. The van der Waals surface area contributed by atoms with Gasteiger partial charge < -0.3 is 15.4 Å². The van der Waals surface area contributed by atoms with Crippen LogP contribution in [0.1, 0.15) is 49.4 Å². The minimum absolute atomic E-state index is 0.0964. The van der Waals surface area contributed by atoms with Gasteiger partial charge in [-0.1, -0.05) is 0 Å². The van der Waals surface area contributed by atoms with Crippen LogP contribution in [0.25, 0.3) is 0 Å². The van der Waals surface area contributed by atoms with E-state index in [2.05, 4.69) is 4.90 Å². The molecule has 2 heterocycles. The topological polar surface area (TPSA) is 75.9 Å². The normalized spacial score (nSPS) is 25.6. The smallest absolute Gasteiger partial charge is 0.239 e. The molecule has 4 rings (SSSR count). The van der Waals surface area contributed by atoms with Crippen LogP contribution in [0.3, 0.4) is 0 Å². The number of nitrogens with two attached hydrogens (primary N) is 1. The van der Waals surface area contributed by atoms with Crippen molar-refractivity contribution in [3.63, 3.8) is 0 Å². The number of piperazine rings is 1. The van der Waals surface area contributed by atoms with Crippen LogP contribution < -0.4 is 10.5 Å². The van der Waals surface area contributed by atoms with Crippen molar-refractivity contribution in [2.24, 2.45) is 11.7 Å². The van der Waals surface area contributed by atoms with E-state index in [1.165, 1.54) is 0 Å². The van der Waals surface area contributed by atoms with Crippen LogP contribution in [0.4, 0.5) is 0 Å². The first-order valence-corrected chi connectivity index (χ1v) is 10.6. The molecular formula is C22H31N3O3. The quantitative estimate of drug-likeness (QED) is 0.548. The Kier molecular flexibility index (Phi) is 5.69. The Morgan fingerprint density at radius 2 is 1.75 bits per heavy atom. The molecule has 28 heavy (non-hydrogen) atoms. The van der Waals surface area contributed by atoms with Crippen molar-refractivity contribution in [1.82, 2.24) is 9.80 Å². The molecule has 1 amide bonds. The zero-order valence-corrected chi connectivity index (χ0v) is 16.7. The fraction of sp³-hybridized carbons (Fsp3) is 0.636. The predicted octanol–water partition coefficient (Wildman–Crippen LogP) is 2.07. The van der Waals surface area contributed by atoms with Gasteiger partial charge in [-0.25, -0.2) is 0 Å². The molecule has 1 saturated carbocycles. The van der Waals surface area contributed by atoms with Crippen LogP contribution in [-0.4, -0.2) is 65.9 Å². The van der Waals surface area contributed by atoms with E-state index in [1.807, 2.05) is 29.2 Å². The molecule has 3 fully saturated rings. The van der Waals surface area contributed by atoms with E-state index < -0.39 is 6.04 Å². The van der Waals surface area contributed by atoms with Crippen molar-refractivity contribution < 1.29 is 14.3 Å². The molecule has 6 heteroatoms. The number of hydrogen-bond donors (Lipinski definition) is 1. The predicted molar refractivity (Wildman–Crippen MR) is 107 cm³/mol. The third-order valence-corrected chi connectivity index (χ3v) is 6.18. The number of amides is 1. The van der Waals surface area contributed by atoms with Crippen molar-refractivity contribution in [3.8, 4) is 5.75 Å². The van der Waals surface area contributed by atoms with Gasteiger partial charge in [0.1, 0.15) is 5.75 Å². The van der Waals surface area contributed by atoms with Crippen LogP contribution in [0.15, 0.2) is 24.3 Å². The second-order valence-electron chi connectivity index (χ2n) is 8.54. The maximum atomic E-state index is 12.3. The average molecular weight is 386 g/mol. The number of ether oxygens (including phenoxy) is 1. The number of nitrogens with zero attached hydrogens (tertiary/aromatic N) is 2. The maximum absolute atomic E-state index is 12.3. The molecule has 2 N–H and O–H groups in total. The Morgan fingerprint density at radius 3 is 2.32 bits per heavy atom. The Bertz CT molecular complexity index is 700. The van der Waals surface area contributed by atoms with Gasteiger partial charge in [0.2, 0.25) is 5.91 Å². The van der Waals surface area contributed by atoms with E-state index in [4.69, 9.17) is 10.5 Å². The minimum Gasteiger partial charge on any atom is -0.494 e. The number of hydrogen-bond acceptors (Lipinski definition) is 5. The van der Waals surface area contributed by atoms with Crippen LogP contribution >= 0.6 is 0 Å². The first-order valence-electron chi connectivity index (χ1n) is 10.6. The van der Waals surface area contributed by atoms with E-state index in [9.17, 15) is 9.59 Å². The molecule has 6 nitrogen and oxygen atoms in total. The molecule has 0 aromatic heterocycles. The van der Waals surface area contributed by atoms with Crippen molar-refractivity contribution in [2.45, 2.75) is 57.2 Å². The summed E-state index contributed by atoms with van der Waals surface area (Å²) in [6.07, 6.45) is 5.19. The summed E-state index contributed by atoms with van der Waals surface area (Å²) in [5.74, 6) is 1.44. The number of likely N-dealkylation sites (tertiary alicyclic amines) is 1. The van der Waals surface area contributed by atoms with Gasteiger partial charge in [-0.05, 0) is 63.3 Å². The summed E-state index contributed by atoms with van der Waals surface area (Å²) in [5.41, 5.74) is 6.61. The van der Waals surface area contributed by atoms with Gasteiger partial charge in [-0.2, -0.15) is 0 Å². The van der Waals surface area contributed by atoms with Crippen LogP contribution in [0, 0.1) is 5.92 Å². The van der Waals surface area contributed by atoms with Gasteiger partial charge >= 0.3 is 0 Å². The van der Waals surface area contributed by atoms with Gasteiger partial charge in [-0.15, -0.1) is 0 Å². The number of carbonyl (C=O) groups excluding carboxylic acids is 2. The Hall–Kier alpha value is -1.92. The monoisotopic (exact) mass is 385 g/mol. The zero-order chi connectivity index (χ0) is 19.7. The fourth-order valence-electron chi connectivity index (χ4n) is 4.54. The number of benzene rings is 1. The van der Waals surface area contributed by atoms with E-state index in [-0.39, 0.29) is 17.6 Å². The van der Waals surface area contributed by atoms with Gasteiger partial charge in [0, 0.05) is 43.2 Å². The average Bonchev–Trinajstić information content (AvgIpc) is 3.50. The number of rotatable bonds is 8. The lowest BCUT2D eigenvalue weighted by Gasteiger charge is -2.41. The fourth-order valence-corrected chi connectivity index (χ4v) is 4.54. The van der Waals surface area contributed by atoms with Gasteiger partial charge in [0.05, 0.1) is 12.6 Å². The summed E-state index contributed by atoms with van der Waals surface area (Å²) in [4.78, 5) is 28.9. The van der Waals surface area contributed by atoms with Crippen molar-refractivity contribution in [1.29, 1.82) is 0 Å². The summed E-state index contributed by atoms with van der Waals surface area (Å²) in [7, 11) is 0. The lowest BCUT2D eigenvalue weighted by molar-refractivity contribution is -0.138. The minimum atomic E-state index is -0.408. The van der Waals surface area contributed by atoms with Gasteiger partial charge in [0.25, 0.3) is 0 Å². The van der Waals surface area contributed by atoms with E-state index >= 15 is 0 Å². The van der Waals surface area contributed by atoms with Crippen LogP contribution in [0.5, 0.6) is 5.75 Å². The first-order chi connectivity index (χ1) is 13.5. The molecule has 2 aliphatic heterocycles. The number of fused-ring (bicyclic) bond motifs is 2. The molecule has 1 aromatic carbocycles. The van der Waals surface area contributed by atoms with Crippen LogP contribution in [-0.2, 0) is 4.79 Å². The van der Waals surface area contributed by atoms with Crippen molar-refractivity contribution in [2.75, 3.05) is 26.2 Å². The molecule has 3 atom stereocenters. The highest BCUT2D eigenvalue weighted by atomic mass is 16.5. The van der Waals surface area contributed by atoms with E-state index in [1.54, 1.807) is 6.92 Å². The largest absolute Gasteiger partial charge is 0.494 e. The van der Waals surface area contributed by atoms with E-state index in [0.717, 1.165) is 63.1 Å². The molecule has 0 radical (unpaired) electrons. The lowest BCUT2D eigenvalue weighted by Crippen LogP contribution is -2.58. The SMILES string of the molecule is CC(N)C(=O)N1C2CCC1CN(CCCOc1ccc(C(=O)C3CC3)cc1)C2. The standard InChI is InChI=1S/C22H31N3O3/c1-15(23)22(27)25-18-7-8-19(25)14-24(13-18)11-2-12-28-20-9-5-17(6-10-20)21(26)16-3-4-16/h5-6,9-10,15-16,18-19H,2-4,7-8,11-14,23H2,1H3. The molecule has 2 bridgehead atoms. The molecule has 3 aliphatic rings. The Balaban J connectivity index is 1.19. The molecule has 0 spiro atoms. The summed E-state index contributed by atoms with van der Waals surface area (Å²) in [6.45, 7) is 5.29. The number of Topliss-reactive ketones (excluding diaryl/α,β-unsaturated/α-hetero) is 1. The number of ketones is 1. The van der Waals surface area contributed by atoms with Gasteiger partial charge in [-0.3, -0.25) is 14.5 Å². The van der Waals surface area contributed by atoms with Crippen molar-refractivity contribution in [3.05, 3.63) is 29.8 Å². The molecule has 3 unspecified atom stereocenters. The van der Waals surface area contributed by atoms with E-state index in [0.29, 0.717) is 18.7 Å². The molecular weight excluding hydrogens is 354 g/mol. The maximum Gasteiger partial charge on any atom is 0.239 e. The summed E-state index contributed by atoms with van der Waals surface area (Å²) in [6, 6.07) is 7.77.